The van der Waals surface area contributed by atoms with Crippen LogP contribution in [-0.2, 0) is 4.79 Å². The molecular weight excluding hydrogens is 364 g/mol. The van der Waals surface area contributed by atoms with E-state index in [9.17, 15) is 19.8 Å². The van der Waals surface area contributed by atoms with Crippen molar-refractivity contribution < 1.29 is 19.8 Å². The maximum atomic E-state index is 12.3. The number of thiophene rings is 1. The number of amides is 1. The van der Waals surface area contributed by atoms with E-state index in [0.29, 0.717) is 5.69 Å². The number of aromatic carboxylic acids is 1. The van der Waals surface area contributed by atoms with Gasteiger partial charge in [-0.25, -0.2) is 4.79 Å². The molecule has 0 saturated heterocycles. The molecule has 1 atom stereocenters. The number of carbonyl (C=O) groups excluding carboxylic acids is 1. The Morgan fingerprint density at radius 3 is 2.63 bits per heavy atom. The summed E-state index contributed by atoms with van der Waals surface area (Å²) in [5, 5.41) is 21.2. The monoisotopic (exact) mass is 382 g/mol. The molecule has 3 N–H and O–H groups in total. The molecule has 0 radical (unpaired) electrons. The number of nitrogens with one attached hydrogen (secondary N) is 1. The fraction of sp³-hybridized carbons (Fsp3) is 0.150. The van der Waals surface area contributed by atoms with Crippen molar-refractivity contribution in [1.82, 2.24) is 4.98 Å². The molecule has 0 aliphatic heterocycles. The zero-order chi connectivity index (χ0) is 19.4. The zero-order valence-electron chi connectivity index (χ0n) is 14.5. The number of rotatable bonds is 6. The summed E-state index contributed by atoms with van der Waals surface area (Å²) < 4.78 is 0. The van der Waals surface area contributed by atoms with E-state index in [2.05, 4.69) is 10.3 Å². The number of para-hydroxylation sites is 1. The Labute approximate surface area is 160 Å². The molecule has 0 bridgehead atoms. The van der Waals surface area contributed by atoms with Crippen molar-refractivity contribution >= 4 is 28.9 Å². The summed E-state index contributed by atoms with van der Waals surface area (Å²) in [4.78, 5) is 29.8. The topological polar surface area (TPSA) is 99.5 Å². The molecule has 1 unspecified atom stereocenters. The average Bonchev–Trinajstić information content (AvgIpc) is 3.13. The van der Waals surface area contributed by atoms with Gasteiger partial charge >= 0.3 is 5.97 Å². The Morgan fingerprint density at radius 2 is 1.93 bits per heavy atom. The number of hydrogen-bond donors (Lipinski definition) is 3. The number of benzene rings is 1. The van der Waals surface area contributed by atoms with E-state index in [1.54, 1.807) is 30.3 Å². The normalized spacial score (nSPS) is 11.7. The van der Waals surface area contributed by atoms with Gasteiger partial charge in [0.25, 0.3) is 0 Å². The Bertz CT molecular complexity index is 966. The van der Waals surface area contributed by atoms with Crippen LogP contribution in [0.5, 0.6) is 5.75 Å². The molecule has 0 saturated carbocycles. The highest BCUT2D eigenvalue weighted by Gasteiger charge is 2.17. The second-order valence-corrected chi connectivity index (χ2v) is 7.22. The maximum absolute atomic E-state index is 12.3. The molecule has 1 amide bonds. The van der Waals surface area contributed by atoms with Gasteiger partial charge in [-0.1, -0.05) is 19.1 Å². The third-order valence-electron chi connectivity index (χ3n) is 4.04. The fourth-order valence-corrected chi connectivity index (χ4v) is 3.68. The number of aromatic hydroxyl groups is 1. The predicted octanol–water partition coefficient (Wildman–Crippen LogP) is 4.35. The summed E-state index contributed by atoms with van der Waals surface area (Å²) in [5.74, 6) is -1.24. The van der Waals surface area contributed by atoms with E-state index in [-0.39, 0.29) is 29.6 Å². The molecule has 6 nitrogen and oxygen atoms in total. The molecule has 0 aliphatic rings. The molecular formula is C20H18N2O4S. The van der Waals surface area contributed by atoms with E-state index in [1.165, 1.54) is 23.6 Å². The van der Waals surface area contributed by atoms with Crippen LogP contribution in [0.4, 0.5) is 5.69 Å². The van der Waals surface area contributed by atoms with Gasteiger partial charge in [-0.2, -0.15) is 0 Å². The minimum Gasteiger partial charge on any atom is -0.506 e. The lowest BCUT2D eigenvalue weighted by Crippen LogP contribution is -2.16. The first-order valence-corrected chi connectivity index (χ1v) is 9.13. The first kappa shape index (κ1) is 18.6. The summed E-state index contributed by atoms with van der Waals surface area (Å²) >= 11 is 1.54. The second kappa shape index (κ2) is 8.01. The molecule has 7 heteroatoms. The molecule has 2 aromatic heterocycles. The van der Waals surface area contributed by atoms with Gasteiger partial charge in [-0.15, -0.1) is 11.3 Å². The van der Waals surface area contributed by atoms with E-state index in [4.69, 9.17) is 0 Å². The van der Waals surface area contributed by atoms with Crippen LogP contribution in [0.15, 0.2) is 54.7 Å². The second-order valence-electron chi connectivity index (χ2n) is 6.11. The number of carboxylic acids is 1. The van der Waals surface area contributed by atoms with E-state index in [1.807, 2.05) is 19.1 Å². The van der Waals surface area contributed by atoms with Crippen LogP contribution in [0.3, 0.4) is 0 Å². The Hall–Kier alpha value is -3.19. The lowest BCUT2D eigenvalue weighted by Gasteiger charge is -2.11. The van der Waals surface area contributed by atoms with Gasteiger partial charge in [0.2, 0.25) is 5.91 Å². The molecule has 0 spiro atoms. The number of carbonyl (C=O) groups is 2. The Morgan fingerprint density at radius 1 is 1.15 bits per heavy atom. The number of aromatic nitrogens is 1. The molecule has 3 rings (SSSR count). The van der Waals surface area contributed by atoms with Crippen molar-refractivity contribution in [2.45, 2.75) is 19.3 Å². The number of pyridine rings is 1. The largest absolute Gasteiger partial charge is 0.506 e. The van der Waals surface area contributed by atoms with Crippen molar-refractivity contribution in [1.29, 1.82) is 0 Å². The van der Waals surface area contributed by atoms with Gasteiger partial charge in [-0.05, 0) is 42.3 Å². The van der Waals surface area contributed by atoms with Gasteiger partial charge in [0.15, 0.2) is 0 Å². The third-order valence-corrected chi connectivity index (χ3v) is 5.38. The predicted molar refractivity (Wildman–Crippen MR) is 104 cm³/mol. The highest BCUT2D eigenvalue weighted by atomic mass is 32.1. The lowest BCUT2D eigenvalue weighted by atomic mass is 10.1. The van der Waals surface area contributed by atoms with Crippen LogP contribution in [0.2, 0.25) is 0 Å². The number of hydrogen-bond acceptors (Lipinski definition) is 5. The minimum atomic E-state index is -1.08. The highest BCUT2D eigenvalue weighted by Crippen LogP contribution is 2.33. The van der Waals surface area contributed by atoms with Crippen LogP contribution in [0.1, 0.15) is 34.5 Å². The first-order chi connectivity index (χ1) is 12.9. The SMILES string of the molecule is CC(CC(=O)Nc1ccccc1C(=O)O)c1ccc(-c2ccc(O)cn2)s1. The summed E-state index contributed by atoms with van der Waals surface area (Å²) in [5.41, 5.74) is 1.12. The van der Waals surface area contributed by atoms with E-state index >= 15 is 0 Å². The van der Waals surface area contributed by atoms with Crippen LogP contribution < -0.4 is 5.32 Å². The quantitative estimate of drug-likeness (QED) is 0.589. The van der Waals surface area contributed by atoms with Gasteiger partial charge in [-0.3, -0.25) is 9.78 Å². The average molecular weight is 382 g/mol. The first-order valence-electron chi connectivity index (χ1n) is 8.31. The molecule has 138 valence electrons. The maximum Gasteiger partial charge on any atom is 0.337 e. The Balaban J connectivity index is 1.67. The standard InChI is InChI=1S/C20H18N2O4S/c1-12(10-19(24)22-15-5-3-2-4-14(15)20(25)26)17-8-9-18(27-17)16-7-6-13(23)11-21-16/h2-9,11-12,23H,10H2,1H3,(H,22,24)(H,25,26). The van der Waals surface area contributed by atoms with Crippen molar-refractivity contribution in [3.63, 3.8) is 0 Å². The van der Waals surface area contributed by atoms with Crippen LogP contribution in [0, 0.1) is 0 Å². The molecule has 0 fully saturated rings. The van der Waals surface area contributed by atoms with Crippen molar-refractivity contribution in [3.8, 4) is 16.3 Å². The molecule has 27 heavy (non-hydrogen) atoms. The summed E-state index contributed by atoms with van der Waals surface area (Å²) in [6.07, 6.45) is 1.63. The van der Waals surface area contributed by atoms with Gasteiger partial charge in [0.1, 0.15) is 5.75 Å². The van der Waals surface area contributed by atoms with Crippen molar-refractivity contribution in [2.24, 2.45) is 0 Å². The summed E-state index contributed by atoms with van der Waals surface area (Å²) in [7, 11) is 0. The summed E-state index contributed by atoms with van der Waals surface area (Å²) in [6, 6.07) is 13.5. The van der Waals surface area contributed by atoms with Crippen LogP contribution >= 0.6 is 11.3 Å². The minimum absolute atomic E-state index is 0.0298. The lowest BCUT2D eigenvalue weighted by molar-refractivity contribution is -0.116. The van der Waals surface area contributed by atoms with Gasteiger partial charge in [0.05, 0.1) is 28.0 Å². The zero-order valence-corrected chi connectivity index (χ0v) is 15.4. The van der Waals surface area contributed by atoms with Crippen molar-refractivity contribution in [3.05, 3.63) is 65.2 Å². The number of carboxylic acid groups (broad SMARTS) is 1. The summed E-state index contributed by atoms with van der Waals surface area (Å²) in [6.45, 7) is 1.95. The van der Waals surface area contributed by atoms with Crippen LogP contribution in [0.25, 0.3) is 10.6 Å². The fourth-order valence-electron chi connectivity index (χ4n) is 2.65. The van der Waals surface area contributed by atoms with Gasteiger partial charge in [0, 0.05) is 11.3 Å². The molecule has 0 aliphatic carbocycles. The van der Waals surface area contributed by atoms with Crippen molar-refractivity contribution in [2.75, 3.05) is 5.32 Å². The third kappa shape index (κ3) is 4.51. The highest BCUT2D eigenvalue weighted by molar-refractivity contribution is 7.15. The Kier molecular flexibility index (Phi) is 5.52. The van der Waals surface area contributed by atoms with E-state index in [0.717, 1.165) is 15.4 Å². The smallest absolute Gasteiger partial charge is 0.337 e. The number of anilines is 1. The number of nitrogens with zero attached hydrogens (tertiary/aromatic N) is 1. The van der Waals surface area contributed by atoms with Gasteiger partial charge < -0.3 is 15.5 Å². The molecule has 3 aromatic rings. The van der Waals surface area contributed by atoms with Crippen LogP contribution in [-0.4, -0.2) is 27.1 Å². The van der Waals surface area contributed by atoms with E-state index < -0.39 is 5.97 Å². The molecule has 2 heterocycles. The molecule has 1 aromatic carbocycles.